The highest BCUT2D eigenvalue weighted by molar-refractivity contribution is 6.06. The van der Waals surface area contributed by atoms with E-state index in [0.717, 1.165) is 61.3 Å². The van der Waals surface area contributed by atoms with Crippen molar-refractivity contribution < 1.29 is 4.42 Å². The summed E-state index contributed by atoms with van der Waals surface area (Å²) in [5, 5.41) is 4.74. The maximum absolute atomic E-state index is 6.30. The Morgan fingerprint density at radius 1 is 0.242 bits per heavy atom. The van der Waals surface area contributed by atoms with Gasteiger partial charge in [0.25, 0.3) is 0 Å². The molecule has 0 aliphatic heterocycles. The highest BCUT2D eigenvalue weighted by atomic mass is 16.3. The van der Waals surface area contributed by atoms with Crippen LogP contribution in [0.15, 0.2) is 265 Å². The lowest BCUT2D eigenvalue weighted by molar-refractivity contribution is 0.669. The Balaban J connectivity index is 0.964. The van der Waals surface area contributed by atoms with E-state index in [4.69, 9.17) is 4.42 Å². The minimum atomic E-state index is 0.893. The summed E-state index contributed by atoms with van der Waals surface area (Å²) in [5.41, 5.74) is 19.1. The molecule has 12 aromatic rings. The molecule has 0 aliphatic carbocycles. The molecule has 310 valence electrons. The van der Waals surface area contributed by atoms with Gasteiger partial charge in [0.15, 0.2) is 0 Å². The van der Waals surface area contributed by atoms with Gasteiger partial charge in [-0.15, -0.1) is 0 Å². The minimum Gasteiger partial charge on any atom is -0.456 e. The molecule has 2 heteroatoms. The lowest BCUT2D eigenvalue weighted by atomic mass is 9.88. The van der Waals surface area contributed by atoms with Crippen molar-refractivity contribution in [3.63, 3.8) is 0 Å². The maximum atomic E-state index is 6.30. The first-order chi connectivity index (χ1) is 32.7. The van der Waals surface area contributed by atoms with E-state index in [0.29, 0.717) is 0 Å². The third-order valence-corrected chi connectivity index (χ3v) is 12.9. The molecule has 11 aromatic carbocycles. The maximum Gasteiger partial charge on any atom is 0.136 e. The van der Waals surface area contributed by atoms with Gasteiger partial charge in [0, 0.05) is 27.7 Å². The molecule has 0 bridgehead atoms. The van der Waals surface area contributed by atoms with E-state index in [2.05, 4.69) is 254 Å². The Hall–Kier alpha value is -8.72. The van der Waals surface area contributed by atoms with Gasteiger partial charge >= 0.3 is 0 Å². The van der Waals surface area contributed by atoms with E-state index < -0.39 is 0 Å². The molecule has 0 unspecified atom stereocenters. The van der Waals surface area contributed by atoms with Crippen LogP contribution in [-0.2, 0) is 0 Å². The molecule has 12 rings (SSSR count). The van der Waals surface area contributed by atoms with Gasteiger partial charge in [0.05, 0.1) is 5.69 Å². The molecule has 0 saturated heterocycles. The SMILES string of the molecule is c1ccc(-c2ccc(-c3ccccc3-c3ccccc3-c3ccccc3N(c3ccc(-c4ccc5ccccc5c4)cc3)c3ccc(-c4ccc5c(c4)oc4ccccc45)cc3)cc2)cc1. The number of rotatable bonds is 9. The molecule has 66 heavy (non-hydrogen) atoms. The Morgan fingerprint density at radius 2 is 0.682 bits per heavy atom. The molecule has 0 radical (unpaired) electrons. The Bertz CT molecular complexity index is 3680. The first-order valence-electron chi connectivity index (χ1n) is 22.6. The minimum absolute atomic E-state index is 0.893. The number of hydrogen-bond donors (Lipinski definition) is 0. The van der Waals surface area contributed by atoms with Crippen LogP contribution in [-0.4, -0.2) is 0 Å². The van der Waals surface area contributed by atoms with Crippen LogP contribution in [0.1, 0.15) is 0 Å². The van der Waals surface area contributed by atoms with Gasteiger partial charge in [0.2, 0.25) is 0 Å². The zero-order chi connectivity index (χ0) is 43.8. The summed E-state index contributed by atoms with van der Waals surface area (Å²) in [7, 11) is 0. The van der Waals surface area contributed by atoms with Crippen LogP contribution in [0.3, 0.4) is 0 Å². The summed E-state index contributed by atoms with van der Waals surface area (Å²) in [4.78, 5) is 2.40. The van der Waals surface area contributed by atoms with Crippen LogP contribution >= 0.6 is 0 Å². The first kappa shape index (κ1) is 38.9. The lowest BCUT2D eigenvalue weighted by Crippen LogP contribution is -2.11. The van der Waals surface area contributed by atoms with E-state index in [1.54, 1.807) is 0 Å². The zero-order valence-corrected chi connectivity index (χ0v) is 36.2. The quantitative estimate of drug-likeness (QED) is 0.144. The number of anilines is 3. The van der Waals surface area contributed by atoms with Gasteiger partial charge in [-0.05, 0) is 127 Å². The predicted molar refractivity (Wildman–Crippen MR) is 279 cm³/mol. The van der Waals surface area contributed by atoms with E-state index in [1.807, 2.05) is 12.1 Å². The molecule has 0 fully saturated rings. The standard InChI is InChI=1S/C64H43NO/c1-2-14-44(15-3-1)46-26-29-49(30-27-46)55-18-6-7-19-56(55)57-20-8-9-21-58(57)59-22-10-12-24-62(59)65(53-37-32-47(33-38-53)51-31-28-45-16-4-5-17-50(45)42-51)54-39-34-48(35-40-54)52-36-41-61-60-23-11-13-25-63(60)66-64(61)43-52/h1-43H. The largest absolute Gasteiger partial charge is 0.456 e. The molecule has 1 aromatic heterocycles. The van der Waals surface area contributed by atoms with E-state index in [-0.39, 0.29) is 0 Å². The topological polar surface area (TPSA) is 16.4 Å². The number of para-hydroxylation sites is 2. The number of benzene rings is 11. The van der Waals surface area contributed by atoms with Crippen LogP contribution in [0.25, 0.3) is 99.5 Å². The summed E-state index contributed by atoms with van der Waals surface area (Å²) in [6.45, 7) is 0. The van der Waals surface area contributed by atoms with Crippen LogP contribution < -0.4 is 4.90 Å². The summed E-state index contributed by atoms with van der Waals surface area (Å²) in [5.74, 6) is 0. The van der Waals surface area contributed by atoms with Crippen LogP contribution in [0.5, 0.6) is 0 Å². The van der Waals surface area contributed by atoms with Crippen molar-refractivity contribution in [2.45, 2.75) is 0 Å². The number of nitrogens with zero attached hydrogens (tertiary/aromatic N) is 1. The van der Waals surface area contributed by atoms with Gasteiger partial charge in [-0.25, -0.2) is 0 Å². The molecular weight excluding hydrogens is 799 g/mol. The highest BCUT2D eigenvalue weighted by Crippen LogP contribution is 2.46. The number of hydrogen-bond acceptors (Lipinski definition) is 2. The van der Waals surface area contributed by atoms with Crippen molar-refractivity contribution in [1.82, 2.24) is 0 Å². The smallest absolute Gasteiger partial charge is 0.136 e. The van der Waals surface area contributed by atoms with Gasteiger partial charge in [0.1, 0.15) is 11.2 Å². The number of fused-ring (bicyclic) bond motifs is 4. The fourth-order valence-electron chi connectivity index (χ4n) is 9.60. The fourth-order valence-corrected chi connectivity index (χ4v) is 9.60. The normalized spacial score (nSPS) is 11.3. The zero-order valence-electron chi connectivity index (χ0n) is 36.2. The molecule has 0 saturated carbocycles. The third-order valence-electron chi connectivity index (χ3n) is 12.9. The van der Waals surface area contributed by atoms with Crippen molar-refractivity contribution in [1.29, 1.82) is 0 Å². The van der Waals surface area contributed by atoms with E-state index in [1.165, 1.54) is 55.3 Å². The Labute approximate surface area is 384 Å². The Morgan fingerprint density at radius 3 is 1.39 bits per heavy atom. The molecular formula is C64H43NO. The van der Waals surface area contributed by atoms with Gasteiger partial charge in [-0.1, -0.05) is 206 Å². The van der Waals surface area contributed by atoms with E-state index in [9.17, 15) is 0 Å². The molecule has 0 N–H and O–H groups in total. The highest BCUT2D eigenvalue weighted by Gasteiger charge is 2.21. The molecule has 1 heterocycles. The van der Waals surface area contributed by atoms with Crippen molar-refractivity contribution in [3.05, 3.63) is 261 Å². The molecule has 0 aliphatic rings. The second-order valence-corrected chi connectivity index (χ2v) is 16.9. The fraction of sp³-hybridized carbons (Fsp3) is 0. The second-order valence-electron chi connectivity index (χ2n) is 16.9. The average molecular weight is 842 g/mol. The third kappa shape index (κ3) is 7.21. The Kier molecular flexibility index (Phi) is 9.89. The average Bonchev–Trinajstić information content (AvgIpc) is 3.78. The molecule has 0 amide bonds. The second kappa shape index (κ2) is 16.8. The summed E-state index contributed by atoms with van der Waals surface area (Å²) in [6.07, 6.45) is 0. The van der Waals surface area contributed by atoms with Crippen LogP contribution in [0.4, 0.5) is 17.1 Å². The predicted octanol–water partition coefficient (Wildman–Crippen LogP) is 18.2. The van der Waals surface area contributed by atoms with Crippen molar-refractivity contribution in [2.75, 3.05) is 4.90 Å². The van der Waals surface area contributed by atoms with E-state index >= 15 is 0 Å². The molecule has 2 nitrogen and oxygen atoms in total. The molecule has 0 atom stereocenters. The van der Waals surface area contributed by atoms with Crippen molar-refractivity contribution >= 4 is 49.8 Å². The van der Waals surface area contributed by atoms with Gasteiger partial charge in [-0.3, -0.25) is 0 Å². The van der Waals surface area contributed by atoms with Crippen LogP contribution in [0.2, 0.25) is 0 Å². The van der Waals surface area contributed by atoms with Gasteiger partial charge in [-0.2, -0.15) is 0 Å². The summed E-state index contributed by atoms with van der Waals surface area (Å²) < 4.78 is 6.30. The van der Waals surface area contributed by atoms with Crippen molar-refractivity contribution in [2.24, 2.45) is 0 Å². The monoisotopic (exact) mass is 841 g/mol. The van der Waals surface area contributed by atoms with Gasteiger partial charge < -0.3 is 9.32 Å². The molecule has 0 spiro atoms. The van der Waals surface area contributed by atoms with Crippen molar-refractivity contribution in [3.8, 4) is 66.8 Å². The lowest BCUT2D eigenvalue weighted by Gasteiger charge is -2.29. The van der Waals surface area contributed by atoms with Crippen LogP contribution in [0, 0.1) is 0 Å². The first-order valence-corrected chi connectivity index (χ1v) is 22.6. The summed E-state index contributed by atoms with van der Waals surface area (Å²) in [6, 6.07) is 94.0. The number of furan rings is 1. The summed E-state index contributed by atoms with van der Waals surface area (Å²) >= 11 is 0.